The summed E-state index contributed by atoms with van der Waals surface area (Å²) in [6, 6.07) is 30.7. The van der Waals surface area contributed by atoms with E-state index < -0.39 is 0 Å². The zero-order chi connectivity index (χ0) is 16.8. The van der Waals surface area contributed by atoms with Crippen LogP contribution < -0.4 is 0 Å². The first-order chi connectivity index (χ1) is 12.4. The van der Waals surface area contributed by atoms with Gasteiger partial charge in [-0.1, -0.05) is 72.8 Å². The van der Waals surface area contributed by atoms with Crippen LogP contribution in [-0.4, -0.2) is 4.57 Å². The quantitative estimate of drug-likeness (QED) is 0.344. The molecule has 1 aromatic heterocycles. The molecule has 1 heterocycles. The predicted molar refractivity (Wildman–Crippen MR) is 108 cm³/mol. The number of para-hydroxylation sites is 1. The number of fused-ring (bicyclic) bond motifs is 4. The number of nitrogens with zero attached hydrogens (tertiary/aromatic N) is 1. The Kier molecular flexibility index (Phi) is 3.14. The normalized spacial score (nSPS) is 11.6. The van der Waals surface area contributed by atoms with E-state index >= 15 is 0 Å². The van der Waals surface area contributed by atoms with Crippen LogP contribution in [0.25, 0.3) is 43.7 Å². The third-order valence-electron chi connectivity index (χ3n) is 5.19. The molecule has 0 aliphatic heterocycles. The summed E-state index contributed by atoms with van der Waals surface area (Å²) in [6.45, 7) is 3.19. The molecule has 0 amide bonds. The fourth-order valence-corrected chi connectivity index (χ4v) is 4.03. The maximum absolute atomic E-state index is 2.42. The van der Waals surface area contributed by atoms with E-state index in [1.165, 1.54) is 43.7 Å². The van der Waals surface area contributed by atoms with Crippen LogP contribution in [0, 0.1) is 0 Å². The molecule has 0 aliphatic carbocycles. The van der Waals surface area contributed by atoms with Crippen molar-refractivity contribution in [3.05, 3.63) is 84.9 Å². The van der Waals surface area contributed by atoms with Gasteiger partial charge in [0.15, 0.2) is 0 Å². The second-order valence-electron chi connectivity index (χ2n) is 6.52. The second-order valence-corrected chi connectivity index (χ2v) is 6.52. The molecule has 1 nitrogen and oxygen atoms in total. The van der Waals surface area contributed by atoms with Crippen LogP contribution in [0.15, 0.2) is 84.9 Å². The Morgan fingerprint density at radius 2 is 1.36 bits per heavy atom. The highest BCUT2D eigenvalue weighted by atomic mass is 15.0. The fraction of sp³-hybridized carbons (Fsp3) is 0.0833. The number of benzene rings is 4. The van der Waals surface area contributed by atoms with Crippen molar-refractivity contribution in [3.8, 4) is 11.1 Å². The number of aryl methyl sites for hydroxylation is 1. The van der Waals surface area contributed by atoms with Crippen molar-refractivity contribution < 1.29 is 0 Å². The summed E-state index contributed by atoms with van der Waals surface area (Å²) in [7, 11) is 0. The molecule has 5 aromatic rings. The van der Waals surface area contributed by atoms with Gasteiger partial charge in [-0.15, -0.1) is 0 Å². The average molecular weight is 321 g/mol. The lowest BCUT2D eigenvalue weighted by molar-refractivity contribution is 0.827. The van der Waals surface area contributed by atoms with Gasteiger partial charge in [0.05, 0.1) is 0 Å². The Morgan fingerprint density at radius 3 is 2.24 bits per heavy atom. The van der Waals surface area contributed by atoms with Crippen LogP contribution in [-0.2, 0) is 6.54 Å². The first kappa shape index (κ1) is 14.3. The van der Waals surface area contributed by atoms with Gasteiger partial charge in [-0.05, 0) is 41.0 Å². The highest BCUT2D eigenvalue weighted by Crippen LogP contribution is 2.34. The van der Waals surface area contributed by atoms with Gasteiger partial charge >= 0.3 is 0 Å². The smallest absolute Gasteiger partial charge is 0.0497 e. The van der Waals surface area contributed by atoms with Gasteiger partial charge in [-0.25, -0.2) is 0 Å². The topological polar surface area (TPSA) is 4.93 Å². The molecule has 0 atom stereocenters. The fourth-order valence-electron chi connectivity index (χ4n) is 4.03. The van der Waals surface area contributed by atoms with Gasteiger partial charge in [0.25, 0.3) is 0 Å². The van der Waals surface area contributed by atoms with Gasteiger partial charge in [0.2, 0.25) is 0 Å². The Hall–Kier alpha value is -3.06. The van der Waals surface area contributed by atoms with Crippen LogP contribution in [0.5, 0.6) is 0 Å². The number of aromatic nitrogens is 1. The zero-order valence-electron chi connectivity index (χ0n) is 14.2. The second kappa shape index (κ2) is 5.49. The lowest BCUT2D eigenvalue weighted by Crippen LogP contribution is -1.93. The molecule has 0 bridgehead atoms. The number of hydrogen-bond acceptors (Lipinski definition) is 0. The Balaban J connectivity index is 1.85. The SMILES string of the molecule is CCn1c2ccccc2c2ccc(-c3cccc4ccccc34)cc21. The summed E-state index contributed by atoms with van der Waals surface area (Å²) in [4.78, 5) is 0. The Labute approximate surface area is 147 Å². The van der Waals surface area contributed by atoms with E-state index in [4.69, 9.17) is 0 Å². The molecule has 4 aromatic carbocycles. The first-order valence-corrected chi connectivity index (χ1v) is 8.86. The minimum atomic E-state index is 0.975. The van der Waals surface area contributed by atoms with Gasteiger partial charge in [-0.3, -0.25) is 0 Å². The van der Waals surface area contributed by atoms with Crippen molar-refractivity contribution in [1.29, 1.82) is 0 Å². The van der Waals surface area contributed by atoms with Crippen molar-refractivity contribution in [2.45, 2.75) is 13.5 Å². The zero-order valence-corrected chi connectivity index (χ0v) is 14.2. The molecule has 0 aliphatic rings. The minimum absolute atomic E-state index is 0.975. The van der Waals surface area contributed by atoms with Crippen molar-refractivity contribution in [1.82, 2.24) is 4.57 Å². The van der Waals surface area contributed by atoms with Crippen molar-refractivity contribution in [2.75, 3.05) is 0 Å². The van der Waals surface area contributed by atoms with E-state index in [2.05, 4.69) is 96.4 Å². The molecule has 1 heteroatoms. The van der Waals surface area contributed by atoms with Gasteiger partial charge in [-0.2, -0.15) is 0 Å². The van der Waals surface area contributed by atoms with E-state index in [9.17, 15) is 0 Å². The molecule has 0 N–H and O–H groups in total. The van der Waals surface area contributed by atoms with Crippen LogP contribution in [0.2, 0.25) is 0 Å². The van der Waals surface area contributed by atoms with Gasteiger partial charge in [0, 0.05) is 28.4 Å². The van der Waals surface area contributed by atoms with Crippen molar-refractivity contribution >= 4 is 32.6 Å². The van der Waals surface area contributed by atoms with Crippen LogP contribution in [0.1, 0.15) is 6.92 Å². The van der Waals surface area contributed by atoms with Crippen LogP contribution in [0.3, 0.4) is 0 Å². The third kappa shape index (κ3) is 2.09. The van der Waals surface area contributed by atoms with Crippen molar-refractivity contribution in [3.63, 3.8) is 0 Å². The largest absolute Gasteiger partial charge is 0.341 e. The maximum Gasteiger partial charge on any atom is 0.0497 e. The Morgan fingerprint density at radius 1 is 0.640 bits per heavy atom. The molecule has 0 fully saturated rings. The van der Waals surface area contributed by atoms with Crippen molar-refractivity contribution in [2.24, 2.45) is 0 Å². The molecule has 0 spiro atoms. The van der Waals surface area contributed by atoms with E-state index in [-0.39, 0.29) is 0 Å². The highest BCUT2D eigenvalue weighted by molar-refractivity contribution is 6.09. The predicted octanol–water partition coefficient (Wildman–Crippen LogP) is 6.63. The molecule has 0 unspecified atom stereocenters. The minimum Gasteiger partial charge on any atom is -0.341 e. The number of rotatable bonds is 2. The molecular weight excluding hydrogens is 302 g/mol. The molecule has 0 saturated carbocycles. The molecule has 0 radical (unpaired) electrons. The molecule has 25 heavy (non-hydrogen) atoms. The summed E-state index contributed by atoms with van der Waals surface area (Å²) in [5.74, 6) is 0. The molecule has 0 saturated heterocycles. The van der Waals surface area contributed by atoms with Gasteiger partial charge in [0.1, 0.15) is 0 Å². The van der Waals surface area contributed by atoms with Crippen LogP contribution >= 0.6 is 0 Å². The van der Waals surface area contributed by atoms with E-state index in [1.54, 1.807) is 0 Å². The summed E-state index contributed by atoms with van der Waals surface area (Å²) in [5, 5.41) is 5.27. The Bertz CT molecular complexity index is 1220. The summed E-state index contributed by atoms with van der Waals surface area (Å²) in [6.07, 6.45) is 0. The highest BCUT2D eigenvalue weighted by Gasteiger charge is 2.11. The monoisotopic (exact) mass is 321 g/mol. The first-order valence-electron chi connectivity index (χ1n) is 8.86. The maximum atomic E-state index is 2.42. The third-order valence-corrected chi connectivity index (χ3v) is 5.19. The molecule has 120 valence electrons. The lowest BCUT2D eigenvalue weighted by atomic mass is 9.97. The standard InChI is InChI=1S/C24H19N/c1-2-25-23-13-6-5-11-21(23)22-15-14-18(16-24(22)25)20-12-7-9-17-8-3-4-10-19(17)20/h3-16H,2H2,1H3. The van der Waals surface area contributed by atoms with E-state index in [0.717, 1.165) is 6.54 Å². The summed E-state index contributed by atoms with van der Waals surface area (Å²) < 4.78 is 2.42. The average Bonchev–Trinajstić information content (AvgIpc) is 3.00. The summed E-state index contributed by atoms with van der Waals surface area (Å²) >= 11 is 0. The number of hydrogen-bond donors (Lipinski definition) is 0. The molecule has 5 rings (SSSR count). The van der Waals surface area contributed by atoms with Gasteiger partial charge < -0.3 is 4.57 Å². The summed E-state index contributed by atoms with van der Waals surface area (Å²) in [5.41, 5.74) is 5.21. The van der Waals surface area contributed by atoms with Crippen LogP contribution in [0.4, 0.5) is 0 Å². The van der Waals surface area contributed by atoms with E-state index in [0.29, 0.717) is 0 Å². The molecular formula is C24H19N. The lowest BCUT2D eigenvalue weighted by Gasteiger charge is -2.09. The van der Waals surface area contributed by atoms with E-state index in [1.807, 2.05) is 0 Å².